The van der Waals surface area contributed by atoms with Gasteiger partial charge in [-0.2, -0.15) is 0 Å². The molecular formula is C20H18N6O4S. The zero-order valence-electron chi connectivity index (χ0n) is 16.2. The molecular weight excluding hydrogens is 420 g/mol. The van der Waals surface area contributed by atoms with Crippen molar-refractivity contribution in [2.45, 2.75) is 4.90 Å². The van der Waals surface area contributed by atoms with E-state index in [1.165, 1.54) is 12.1 Å². The first-order valence-corrected chi connectivity index (χ1v) is 10.8. The van der Waals surface area contributed by atoms with Crippen LogP contribution in [0.15, 0.2) is 72.0 Å². The molecule has 0 aliphatic carbocycles. The Morgan fingerprint density at radius 2 is 1.77 bits per heavy atom. The predicted octanol–water partition coefficient (Wildman–Crippen LogP) is 2.44. The van der Waals surface area contributed by atoms with Crippen molar-refractivity contribution in [1.29, 1.82) is 0 Å². The molecule has 5 rings (SSSR count). The highest BCUT2D eigenvalue weighted by molar-refractivity contribution is 7.89. The summed E-state index contributed by atoms with van der Waals surface area (Å²) in [6.45, 7) is 0.0154. The first-order chi connectivity index (χ1) is 15.1. The molecule has 4 heterocycles. The first-order valence-electron chi connectivity index (χ1n) is 9.39. The van der Waals surface area contributed by atoms with Crippen LogP contribution in [-0.4, -0.2) is 52.3 Å². The molecule has 0 saturated carbocycles. The van der Waals surface area contributed by atoms with Crippen molar-refractivity contribution in [1.82, 2.24) is 23.7 Å². The number of aromatic nitrogens is 4. The van der Waals surface area contributed by atoms with Gasteiger partial charge in [-0.05, 0) is 42.5 Å². The van der Waals surface area contributed by atoms with Crippen LogP contribution in [0.25, 0.3) is 17.0 Å². The molecule has 0 radical (unpaired) electrons. The van der Waals surface area contributed by atoms with Crippen LogP contribution >= 0.6 is 0 Å². The number of sulfonamides is 1. The predicted molar refractivity (Wildman–Crippen MR) is 112 cm³/mol. The van der Waals surface area contributed by atoms with Crippen LogP contribution in [0.1, 0.15) is 0 Å². The number of fused-ring (bicyclic) bond motifs is 1. The van der Waals surface area contributed by atoms with E-state index in [0.717, 1.165) is 15.6 Å². The van der Waals surface area contributed by atoms with Gasteiger partial charge in [-0.15, -0.1) is 4.31 Å². The summed E-state index contributed by atoms with van der Waals surface area (Å²) in [5, 5.41) is 3.10. The summed E-state index contributed by atoms with van der Waals surface area (Å²) in [6, 6.07) is 13.9. The van der Waals surface area contributed by atoms with E-state index in [1.807, 2.05) is 28.8 Å². The van der Waals surface area contributed by atoms with Gasteiger partial charge in [0.15, 0.2) is 0 Å². The Hall–Kier alpha value is -3.38. The Morgan fingerprint density at radius 1 is 0.968 bits per heavy atom. The number of pyridine rings is 1. The van der Waals surface area contributed by atoms with Crippen molar-refractivity contribution in [3.05, 3.63) is 67.1 Å². The Bertz CT molecular complexity index is 1320. The van der Waals surface area contributed by atoms with Gasteiger partial charge in [0.05, 0.1) is 22.5 Å². The summed E-state index contributed by atoms with van der Waals surface area (Å²) in [5.41, 5.74) is 3.03. The monoisotopic (exact) mass is 438 g/mol. The van der Waals surface area contributed by atoms with Crippen LogP contribution in [0.3, 0.4) is 0 Å². The topological polar surface area (TPSA) is 111 Å². The first kappa shape index (κ1) is 19.6. The van der Waals surface area contributed by atoms with Crippen LogP contribution in [0.4, 0.5) is 11.6 Å². The highest BCUT2D eigenvalue weighted by Gasteiger charge is 2.26. The van der Waals surface area contributed by atoms with Crippen LogP contribution in [0.2, 0.25) is 0 Å². The highest BCUT2D eigenvalue weighted by atomic mass is 32.2. The number of ether oxygens (including phenoxy) is 2. The van der Waals surface area contributed by atoms with Crippen LogP contribution in [-0.2, 0) is 19.5 Å². The van der Waals surface area contributed by atoms with Gasteiger partial charge >= 0.3 is 0 Å². The number of nitrogens with zero attached hydrogens (tertiary/aromatic N) is 5. The number of benzene rings is 1. The second-order valence-electron chi connectivity index (χ2n) is 6.73. The maximum atomic E-state index is 12.7. The van der Waals surface area contributed by atoms with E-state index < -0.39 is 10.0 Å². The summed E-state index contributed by atoms with van der Waals surface area (Å²) in [5.74, 6) is 0.386. The molecule has 0 atom stereocenters. The fourth-order valence-electron chi connectivity index (χ4n) is 3.19. The summed E-state index contributed by atoms with van der Waals surface area (Å²) in [7, 11) is -3.69. The SMILES string of the molecule is O=S(=O)(c1ccc(Nc2nccc(-c3cnc4ccccn34)n2)cc1)N1COCOC1. The lowest BCUT2D eigenvalue weighted by Crippen LogP contribution is -2.39. The molecule has 1 aromatic carbocycles. The van der Waals surface area contributed by atoms with E-state index in [9.17, 15) is 8.42 Å². The molecule has 0 bridgehead atoms. The second kappa shape index (κ2) is 8.04. The third-order valence-corrected chi connectivity index (χ3v) is 6.48. The zero-order valence-corrected chi connectivity index (χ0v) is 17.1. The van der Waals surface area contributed by atoms with Crippen molar-refractivity contribution in [3.63, 3.8) is 0 Å². The van der Waals surface area contributed by atoms with E-state index in [4.69, 9.17) is 9.47 Å². The van der Waals surface area contributed by atoms with Crippen molar-refractivity contribution in [3.8, 4) is 11.4 Å². The molecule has 1 N–H and O–H groups in total. The fraction of sp³-hybridized carbons (Fsp3) is 0.150. The molecule has 1 aliphatic rings. The van der Waals surface area contributed by atoms with Gasteiger partial charge in [-0.25, -0.2) is 23.4 Å². The van der Waals surface area contributed by atoms with Crippen molar-refractivity contribution in [2.24, 2.45) is 0 Å². The lowest BCUT2D eigenvalue weighted by molar-refractivity contribution is -0.153. The molecule has 158 valence electrons. The fourth-order valence-corrected chi connectivity index (χ4v) is 4.39. The summed E-state index contributed by atoms with van der Waals surface area (Å²) in [4.78, 5) is 13.3. The molecule has 0 unspecified atom stereocenters. The minimum atomic E-state index is -3.69. The molecule has 1 fully saturated rings. The van der Waals surface area contributed by atoms with Gasteiger partial charge in [0.25, 0.3) is 0 Å². The third-order valence-electron chi connectivity index (χ3n) is 4.72. The normalized spacial score (nSPS) is 15.2. The molecule has 1 aliphatic heterocycles. The number of anilines is 2. The largest absolute Gasteiger partial charge is 0.339 e. The van der Waals surface area contributed by atoms with E-state index in [1.54, 1.807) is 30.6 Å². The molecule has 0 spiro atoms. The third kappa shape index (κ3) is 3.86. The Morgan fingerprint density at radius 3 is 2.58 bits per heavy atom. The summed E-state index contributed by atoms with van der Waals surface area (Å²) < 4.78 is 38.5. The average molecular weight is 438 g/mol. The quantitative estimate of drug-likeness (QED) is 0.506. The molecule has 1 saturated heterocycles. The number of nitrogens with one attached hydrogen (secondary N) is 1. The summed E-state index contributed by atoms with van der Waals surface area (Å²) >= 11 is 0. The van der Waals surface area contributed by atoms with Crippen LogP contribution < -0.4 is 5.32 Å². The van der Waals surface area contributed by atoms with E-state index >= 15 is 0 Å². The van der Waals surface area contributed by atoms with Crippen molar-refractivity contribution < 1.29 is 17.9 Å². The number of imidazole rings is 1. The molecule has 11 heteroatoms. The lowest BCUT2D eigenvalue weighted by Gasteiger charge is -2.25. The van der Waals surface area contributed by atoms with Gasteiger partial charge in [-0.3, -0.25) is 4.40 Å². The van der Waals surface area contributed by atoms with E-state index in [0.29, 0.717) is 17.3 Å². The van der Waals surface area contributed by atoms with Crippen molar-refractivity contribution in [2.75, 3.05) is 25.6 Å². The highest BCUT2D eigenvalue weighted by Crippen LogP contribution is 2.23. The minimum Gasteiger partial charge on any atom is -0.339 e. The lowest BCUT2D eigenvalue weighted by atomic mass is 10.3. The number of hydrogen-bond acceptors (Lipinski definition) is 8. The minimum absolute atomic E-state index is 0.0355. The standard InChI is InChI=1S/C20H18N6O4S/c27-31(28,25-12-29-14-30-13-25)16-6-4-15(5-7-16)23-20-21-9-8-17(24-20)18-11-22-19-3-1-2-10-26(18)19/h1-11H,12-14H2,(H,21,23,24). The molecule has 31 heavy (non-hydrogen) atoms. The molecule has 10 nitrogen and oxygen atoms in total. The number of hydrogen-bond donors (Lipinski definition) is 1. The smallest absolute Gasteiger partial charge is 0.246 e. The Balaban J connectivity index is 1.36. The van der Waals surface area contributed by atoms with Crippen molar-refractivity contribution >= 4 is 27.3 Å². The van der Waals surface area contributed by atoms with Crippen LogP contribution in [0, 0.1) is 0 Å². The molecule has 3 aromatic heterocycles. The van der Waals surface area contributed by atoms with E-state index in [2.05, 4.69) is 20.3 Å². The van der Waals surface area contributed by atoms with E-state index in [-0.39, 0.29) is 25.2 Å². The average Bonchev–Trinajstić information content (AvgIpc) is 3.25. The van der Waals surface area contributed by atoms with Crippen LogP contribution in [0.5, 0.6) is 0 Å². The van der Waals surface area contributed by atoms with Gasteiger partial charge in [0.2, 0.25) is 16.0 Å². The summed E-state index contributed by atoms with van der Waals surface area (Å²) in [6.07, 6.45) is 5.34. The Labute approximate surface area is 178 Å². The maximum Gasteiger partial charge on any atom is 0.246 e. The zero-order chi connectivity index (χ0) is 21.3. The van der Waals surface area contributed by atoms with Gasteiger partial charge < -0.3 is 14.8 Å². The number of rotatable bonds is 5. The maximum absolute atomic E-state index is 12.7. The van der Waals surface area contributed by atoms with Gasteiger partial charge in [0.1, 0.15) is 25.9 Å². The second-order valence-corrected chi connectivity index (χ2v) is 8.67. The Kier molecular flexibility index (Phi) is 5.08. The molecule has 0 amide bonds. The molecule has 4 aromatic rings. The van der Waals surface area contributed by atoms with Gasteiger partial charge in [-0.1, -0.05) is 6.07 Å². The van der Waals surface area contributed by atoms with Gasteiger partial charge in [0, 0.05) is 18.1 Å².